The highest BCUT2D eigenvalue weighted by Gasteiger charge is 2.53. The zero-order valence-electron chi connectivity index (χ0n) is 26.3. The summed E-state index contributed by atoms with van der Waals surface area (Å²) in [5.41, 5.74) is 3.90. The van der Waals surface area contributed by atoms with Crippen LogP contribution in [0.5, 0.6) is 0 Å². The first-order chi connectivity index (χ1) is 22.1. The van der Waals surface area contributed by atoms with Gasteiger partial charge >= 0.3 is 0 Å². The molecule has 0 radical (unpaired) electrons. The van der Waals surface area contributed by atoms with Crippen molar-refractivity contribution in [3.05, 3.63) is 108 Å². The van der Waals surface area contributed by atoms with Crippen LogP contribution in [-0.2, 0) is 33.8 Å². The number of unbranched alkanes of at least 4 members (excludes halogenated alkanes) is 3. The molecule has 0 saturated carbocycles. The molecule has 2 aliphatic heterocycles. The van der Waals surface area contributed by atoms with Crippen LogP contribution < -0.4 is 5.32 Å². The predicted octanol–water partition coefficient (Wildman–Crippen LogP) is 5.89. The number of ether oxygens (including phenoxy) is 1. The summed E-state index contributed by atoms with van der Waals surface area (Å²) in [5, 5.41) is 4.25. The molecule has 0 aliphatic carbocycles. The van der Waals surface area contributed by atoms with Crippen molar-refractivity contribution in [2.75, 3.05) is 32.8 Å². The number of carbonyl (C=O) groups is 2. The Kier molecular flexibility index (Phi) is 10.3. The zero-order valence-corrected chi connectivity index (χ0v) is 26.3. The molecule has 1 spiro atoms. The summed E-state index contributed by atoms with van der Waals surface area (Å²) in [5.74, 6) is -0.0655. The molecule has 4 aromatic rings. The topological polar surface area (TPSA) is 77.7 Å². The number of H-pyrrole nitrogens is 1. The summed E-state index contributed by atoms with van der Waals surface area (Å²) >= 11 is 0. The molecule has 3 aromatic carbocycles. The molecule has 6 rings (SSSR count). The number of carbonyl (C=O) groups excluding carboxylic acids is 2. The van der Waals surface area contributed by atoms with Crippen molar-refractivity contribution < 1.29 is 14.3 Å². The third-order valence-corrected chi connectivity index (χ3v) is 9.70. The van der Waals surface area contributed by atoms with Crippen LogP contribution >= 0.6 is 0 Å². The Morgan fingerprint density at radius 1 is 0.756 bits per heavy atom. The third kappa shape index (κ3) is 7.48. The van der Waals surface area contributed by atoms with Crippen LogP contribution in [-0.4, -0.2) is 71.0 Å². The normalized spacial score (nSPS) is 18.5. The Bertz CT molecular complexity index is 1530. The van der Waals surface area contributed by atoms with Gasteiger partial charge in [0.1, 0.15) is 11.6 Å². The number of hydrogen-bond donors (Lipinski definition) is 2. The molecular formula is C38H46N4O3. The van der Waals surface area contributed by atoms with E-state index >= 15 is 0 Å². The summed E-state index contributed by atoms with van der Waals surface area (Å²) < 4.78 is 5.95. The second kappa shape index (κ2) is 14.9. The maximum atomic E-state index is 14.1. The van der Waals surface area contributed by atoms with Gasteiger partial charge in [-0.05, 0) is 67.8 Å². The van der Waals surface area contributed by atoms with E-state index in [-0.39, 0.29) is 18.4 Å². The fourth-order valence-electron chi connectivity index (χ4n) is 7.06. The lowest BCUT2D eigenvalue weighted by Gasteiger charge is -2.51. The fourth-order valence-corrected chi connectivity index (χ4v) is 7.06. The molecule has 2 N–H and O–H groups in total. The Morgan fingerprint density at radius 3 is 2.22 bits per heavy atom. The van der Waals surface area contributed by atoms with E-state index in [0.717, 1.165) is 43.6 Å². The van der Waals surface area contributed by atoms with Gasteiger partial charge in [0.25, 0.3) is 0 Å². The van der Waals surface area contributed by atoms with Gasteiger partial charge in [0.05, 0.1) is 13.2 Å². The van der Waals surface area contributed by atoms with E-state index in [1.807, 2.05) is 53.6 Å². The number of aromatic nitrogens is 1. The number of rotatable bonds is 14. The van der Waals surface area contributed by atoms with Crippen LogP contribution in [0, 0.1) is 0 Å². The Balaban J connectivity index is 1.06. The summed E-state index contributed by atoms with van der Waals surface area (Å²) in [6.07, 6.45) is 10.0. The Morgan fingerprint density at radius 2 is 1.44 bits per heavy atom. The molecule has 2 amide bonds. The van der Waals surface area contributed by atoms with Crippen molar-refractivity contribution in [1.82, 2.24) is 20.1 Å². The van der Waals surface area contributed by atoms with Gasteiger partial charge in [0.15, 0.2) is 0 Å². The number of piperidine rings is 1. The second-order valence-electron chi connectivity index (χ2n) is 12.6. The first-order valence-corrected chi connectivity index (χ1v) is 16.7. The number of aromatic amines is 1. The zero-order chi connectivity index (χ0) is 30.9. The van der Waals surface area contributed by atoms with Gasteiger partial charge in [0, 0.05) is 36.7 Å². The average molecular weight is 607 g/mol. The number of hydrogen-bond acceptors (Lipinski definition) is 4. The third-order valence-electron chi connectivity index (χ3n) is 9.70. The number of piperazine rings is 1. The van der Waals surface area contributed by atoms with E-state index in [4.69, 9.17) is 4.74 Å². The lowest BCUT2D eigenvalue weighted by atomic mass is 9.81. The van der Waals surface area contributed by atoms with Gasteiger partial charge in [-0.25, -0.2) is 0 Å². The number of nitrogens with zero attached hydrogens (tertiary/aromatic N) is 2. The van der Waals surface area contributed by atoms with Gasteiger partial charge in [0.2, 0.25) is 11.8 Å². The Labute approximate surface area is 266 Å². The highest BCUT2D eigenvalue weighted by atomic mass is 16.5. The molecule has 2 fully saturated rings. The van der Waals surface area contributed by atoms with Gasteiger partial charge in [-0.15, -0.1) is 0 Å². The van der Waals surface area contributed by atoms with Crippen molar-refractivity contribution in [1.29, 1.82) is 0 Å². The first-order valence-electron chi connectivity index (χ1n) is 16.7. The SMILES string of the molecule is O=C1C(COCc2ccccc2)NC(=O)C2(CCN(CCCCCCc3ccccc3)CC2)N1CCc1c[nH]c2ccccc12. The maximum Gasteiger partial charge on any atom is 0.248 e. The molecule has 2 aliphatic rings. The van der Waals surface area contributed by atoms with Gasteiger partial charge in [-0.3, -0.25) is 9.59 Å². The molecule has 0 bridgehead atoms. The van der Waals surface area contributed by atoms with Crippen LogP contribution in [0.25, 0.3) is 10.9 Å². The highest BCUT2D eigenvalue weighted by molar-refractivity contribution is 6.00. The van der Waals surface area contributed by atoms with Crippen molar-refractivity contribution in [3.63, 3.8) is 0 Å². The molecule has 2 saturated heterocycles. The standard InChI is InChI=1S/C38H46N4O3/c43-36-35(29-45-28-31-16-8-4-9-17-31)40-37(44)38(42(36)24-20-32-27-39-34-19-11-10-18-33(32)34)21-25-41(26-22-38)23-12-2-1-5-13-30-14-6-3-7-15-30/h3-4,6-11,14-19,27,35,39H,1-2,5,12-13,20-26,28-29H2,(H,40,44). The van der Waals surface area contributed by atoms with E-state index in [2.05, 4.69) is 57.7 Å². The van der Waals surface area contributed by atoms with Crippen LogP contribution in [0.4, 0.5) is 0 Å². The van der Waals surface area contributed by atoms with Crippen molar-refractivity contribution in [3.8, 4) is 0 Å². The van der Waals surface area contributed by atoms with Crippen molar-refractivity contribution in [2.45, 2.75) is 69.6 Å². The largest absolute Gasteiger partial charge is 0.374 e. The molecule has 7 heteroatoms. The second-order valence-corrected chi connectivity index (χ2v) is 12.6. The molecule has 1 aromatic heterocycles. The summed E-state index contributed by atoms with van der Waals surface area (Å²) in [6, 6.07) is 28.2. The van der Waals surface area contributed by atoms with Crippen molar-refractivity contribution in [2.24, 2.45) is 0 Å². The summed E-state index contributed by atoms with van der Waals surface area (Å²) in [6.45, 7) is 3.76. The van der Waals surface area contributed by atoms with E-state index in [1.54, 1.807) is 0 Å². The van der Waals surface area contributed by atoms with Gasteiger partial charge in [-0.2, -0.15) is 0 Å². The smallest absolute Gasteiger partial charge is 0.248 e. The van der Waals surface area contributed by atoms with Gasteiger partial charge < -0.3 is 24.8 Å². The predicted molar refractivity (Wildman–Crippen MR) is 179 cm³/mol. The molecule has 1 atom stereocenters. The number of fused-ring (bicyclic) bond motifs is 1. The van der Waals surface area contributed by atoms with E-state index < -0.39 is 11.6 Å². The minimum Gasteiger partial charge on any atom is -0.374 e. The highest BCUT2D eigenvalue weighted by Crippen LogP contribution is 2.34. The number of para-hydroxylation sites is 1. The maximum absolute atomic E-state index is 14.1. The monoisotopic (exact) mass is 606 g/mol. The lowest BCUT2D eigenvalue weighted by molar-refractivity contribution is -0.163. The lowest BCUT2D eigenvalue weighted by Crippen LogP contribution is -2.73. The van der Waals surface area contributed by atoms with Crippen LogP contribution in [0.3, 0.4) is 0 Å². The van der Waals surface area contributed by atoms with Crippen LogP contribution in [0.15, 0.2) is 91.1 Å². The van der Waals surface area contributed by atoms with Crippen LogP contribution in [0.2, 0.25) is 0 Å². The van der Waals surface area contributed by atoms with E-state index in [9.17, 15) is 9.59 Å². The van der Waals surface area contributed by atoms with Crippen molar-refractivity contribution >= 4 is 22.7 Å². The molecule has 45 heavy (non-hydrogen) atoms. The minimum absolute atomic E-state index is 0.0325. The molecule has 236 valence electrons. The van der Waals surface area contributed by atoms with Crippen LogP contribution in [0.1, 0.15) is 55.2 Å². The Hall–Kier alpha value is -3.94. The number of aryl methyl sites for hydroxylation is 1. The molecule has 1 unspecified atom stereocenters. The number of nitrogens with one attached hydrogen (secondary N) is 2. The molecular weight excluding hydrogens is 560 g/mol. The summed E-state index contributed by atoms with van der Waals surface area (Å²) in [4.78, 5) is 35.7. The number of likely N-dealkylation sites (tertiary alicyclic amines) is 1. The average Bonchev–Trinajstić information content (AvgIpc) is 3.50. The van der Waals surface area contributed by atoms with Gasteiger partial charge in [-0.1, -0.05) is 91.7 Å². The minimum atomic E-state index is -0.814. The quantitative estimate of drug-likeness (QED) is 0.176. The first kappa shape index (κ1) is 31.1. The fraction of sp³-hybridized carbons (Fsp3) is 0.421. The molecule has 3 heterocycles. The number of amides is 2. The van der Waals surface area contributed by atoms with E-state index in [1.165, 1.54) is 35.8 Å². The summed E-state index contributed by atoms with van der Waals surface area (Å²) in [7, 11) is 0. The molecule has 7 nitrogen and oxygen atoms in total. The number of benzene rings is 3. The van der Waals surface area contributed by atoms with E-state index in [0.29, 0.717) is 32.4 Å².